The van der Waals surface area contributed by atoms with Crippen LogP contribution < -0.4 is 10.6 Å². The molecule has 2 unspecified atom stereocenters. The molecule has 0 radical (unpaired) electrons. The number of piperidine rings is 1. The van der Waals surface area contributed by atoms with Crippen molar-refractivity contribution in [2.45, 2.75) is 49.8 Å². The molecule has 3 saturated heterocycles. The van der Waals surface area contributed by atoms with E-state index in [9.17, 15) is 13.6 Å². The van der Waals surface area contributed by atoms with Crippen molar-refractivity contribution in [3.05, 3.63) is 34.9 Å². The number of H-pyrrole nitrogens is 1. The van der Waals surface area contributed by atoms with Gasteiger partial charge in [0.1, 0.15) is 6.10 Å². The molecule has 1 aromatic heterocycles. The van der Waals surface area contributed by atoms with Crippen LogP contribution in [0.3, 0.4) is 0 Å². The number of nitrogen functional groups attached to an aromatic ring is 1. The van der Waals surface area contributed by atoms with Gasteiger partial charge < -0.3 is 20.3 Å². The van der Waals surface area contributed by atoms with E-state index in [1.54, 1.807) is 0 Å². The van der Waals surface area contributed by atoms with Crippen molar-refractivity contribution < 1.29 is 18.3 Å². The molecule has 2 aromatic rings. The SMILES string of the molecule is Nc1nnc(N2CCC(N3CC(C(=O)N4CCC(F)(F)C4)OCC3Cc3ccc(Cl)cc3)CC2)[nH]1. The monoisotopic (exact) mass is 509 g/mol. The highest BCUT2D eigenvalue weighted by Crippen LogP contribution is 2.30. The van der Waals surface area contributed by atoms with Gasteiger partial charge >= 0.3 is 0 Å². The molecule has 35 heavy (non-hydrogen) atoms. The number of benzene rings is 1. The Morgan fingerprint density at radius 1 is 1.20 bits per heavy atom. The van der Waals surface area contributed by atoms with Gasteiger partial charge in [0.2, 0.25) is 11.9 Å². The minimum absolute atomic E-state index is 0.0673. The second-order valence-corrected chi connectivity index (χ2v) is 10.1. The fourth-order valence-corrected chi connectivity index (χ4v) is 5.45. The summed E-state index contributed by atoms with van der Waals surface area (Å²) in [4.78, 5) is 21.7. The van der Waals surface area contributed by atoms with Gasteiger partial charge in [-0.05, 0) is 37.0 Å². The first-order valence-corrected chi connectivity index (χ1v) is 12.4. The summed E-state index contributed by atoms with van der Waals surface area (Å²) in [5, 5.41) is 8.61. The summed E-state index contributed by atoms with van der Waals surface area (Å²) >= 11 is 6.05. The molecule has 4 heterocycles. The van der Waals surface area contributed by atoms with Gasteiger partial charge in [0.25, 0.3) is 11.8 Å². The minimum atomic E-state index is -2.82. The zero-order valence-electron chi connectivity index (χ0n) is 19.4. The third-order valence-corrected chi connectivity index (χ3v) is 7.45. The molecular weight excluding hydrogens is 480 g/mol. The second kappa shape index (κ2) is 9.87. The molecule has 0 spiro atoms. The molecule has 3 N–H and O–H groups in total. The number of aromatic amines is 1. The number of aromatic nitrogens is 3. The van der Waals surface area contributed by atoms with E-state index in [0.29, 0.717) is 24.1 Å². The van der Waals surface area contributed by atoms with Crippen LogP contribution in [0.25, 0.3) is 0 Å². The number of amides is 1. The Hall–Kier alpha value is -2.50. The van der Waals surface area contributed by atoms with Crippen LogP contribution in [-0.4, -0.2) is 94.3 Å². The molecule has 3 aliphatic heterocycles. The van der Waals surface area contributed by atoms with Crippen LogP contribution >= 0.6 is 11.6 Å². The van der Waals surface area contributed by atoms with E-state index in [4.69, 9.17) is 22.1 Å². The second-order valence-electron chi connectivity index (χ2n) is 9.62. The number of hydrogen-bond donors (Lipinski definition) is 2. The summed E-state index contributed by atoms with van der Waals surface area (Å²) in [5.41, 5.74) is 6.80. The molecule has 0 bridgehead atoms. The quantitative estimate of drug-likeness (QED) is 0.636. The lowest BCUT2D eigenvalue weighted by molar-refractivity contribution is -0.155. The van der Waals surface area contributed by atoms with Crippen molar-refractivity contribution in [2.75, 3.05) is 50.0 Å². The zero-order valence-corrected chi connectivity index (χ0v) is 20.1. The highest BCUT2D eigenvalue weighted by Gasteiger charge is 2.45. The number of ether oxygens (including phenoxy) is 1. The molecule has 0 aliphatic carbocycles. The highest BCUT2D eigenvalue weighted by atomic mass is 35.5. The van der Waals surface area contributed by atoms with E-state index < -0.39 is 18.6 Å². The molecule has 9 nitrogen and oxygen atoms in total. The fraction of sp³-hybridized carbons (Fsp3) is 0.609. The molecule has 1 amide bonds. The maximum atomic E-state index is 13.7. The van der Waals surface area contributed by atoms with Gasteiger partial charge in [-0.1, -0.05) is 23.7 Å². The lowest BCUT2D eigenvalue weighted by atomic mass is 9.96. The van der Waals surface area contributed by atoms with Gasteiger partial charge in [-0.2, -0.15) is 0 Å². The predicted molar refractivity (Wildman–Crippen MR) is 128 cm³/mol. The van der Waals surface area contributed by atoms with Gasteiger partial charge in [0.15, 0.2) is 0 Å². The van der Waals surface area contributed by atoms with Crippen molar-refractivity contribution in [2.24, 2.45) is 0 Å². The van der Waals surface area contributed by atoms with Crippen LogP contribution in [0.1, 0.15) is 24.8 Å². The first kappa shape index (κ1) is 24.2. The van der Waals surface area contributed by atoms with Crippen LogP contribution in [0.2, 0.25) is 5.02 Å². The first-order valence-electron chi connectivity index (χ1n) is 12.0. The Bertz CT molecular complexity index is 1030. The van der Waals surface area contributed by atoms with Gasteiger partial charge in [-0.3, -0.25) is 14.7 Å². The standard InChI is InChI=1S/C23H30ClF2N7O2/c24-16-3-1-15(2-4-16)11-18-13-35-19(20(34)32-10-7-23(25,26)14-32)12-33(18)17-5-8-31(9-6-17)22-28-21(27)29-30-22/h1-4,17-19H,5-14H2,(H3,27,28,29,30). The molecular formula is C23H30ClF2N7O2. The zero-order chi connectivity index (χ0) is 24.6. The number of carbonyl (C=O) groups excluding carboxylic acids is 1. The summed E-state index contributed by atoms with van der Waals surface area (Å²) < 4.78 is 33.4. The largest absolute Gasteiger partial charge is 0.368 e. The number of alkyl halides is 2. The van der Waals surface area contributed by atoms with Crippen LogP contribution in [0.4, 0.5) is 20.7 Å². The Morgan fingerprint density at radius 3 is 2.57 bits per heavy atom. The third kappa shape index (κ3) is 5.52. The Balaban J connectivity index is 1.28. The Labute approximate surface area is 207 Å². The van der Waals surface area contributed by atoms with E-state index in [0.717, 1.165) is 37.9 Å². The van der Waals surface area contributed by atoms with E-state index in [2.05, 4.69) is 25.0 Å². The van der Waals surface area contributed by atoms with Gasteiger partial charge in [-0.15, -0.1) is 10.2 Å². The topological polar surface area (TPSA) is 104 Å². The Morgan fingerprint density at radius 2 is 1.94 bits per heavy atom. The van der Waals surface area contributed by atoms with E-state index in [1.807, 2.05) is 24.3 Å². The van der Waals surface area contributed by atoms with Crippen LogP contribution in [0.5, 0.6) is 0 Å². The van der Waals surface area contributed by atoms with Gasteiger partial charge in [-0.25, -0.2) is 8.78 Å². The van der Waals surface area contributed by atoms with E-state index in [-0.39, 0.29) is 36.9 Å². The molecule has 3 fully saturated rings. The summed E-state index contributed by atoms with van der Waals surface area (Å²) in [6.07, 6.45) is 1.44. The molecule has 5 rings (SSSR count). The number of morpholine rings is 1. The average Bonchev–Trinajstić information content (AvgIpc) is 3.45. The van der Waals surface area contributed by atoms with E-state index >= 15 is 0 Å². The number of likely N-dealkylation sites (tertiary alicyclic amines) is 1. The maximum Gasteiger partial charge on any atom is 0.267 e. The minimum Gasteiger partial charge on any atom is -0.368 e. The fourth-order valence-electron chi connectivity index (χ4n) is 5.33. The summed E-state index contributed by atoms with van der Waals surface area (Å²) in [6.45, 7) is 1.82. The van der Waals surface area contributed by atoms with Crippen LogP contribution in [-0.2, 0) is 16.0 Å². The number of nitrogens with one attached hydrogen (secondary N) is 1. The number of halogens is 3. The number of nitrogens with zero attached hydrogens (tertiary/aromatic N) is 5. The van der Waals surface area contributed by atoms with Crippen molar-refractivity contribution in [3.8, 4) is 0 Å². The number of hydrogen-bond acceptors (Lipinski definition) is 7. The van der Waals surface area contributed by atoms with Crippen LogP contribution in [0, 0.1) is 0 Å². The van der Waals surface area contributed by atoms with Crippen molar-refractivity contribution >= 4 is 29.4 Å². The summed E-state index contributed by atoms with van der Waals surface area (Å²) in [6, 6.07) is 8.03. The smallest absolute Gasteiger partial charge is 0.267 e. The molecule has 1 aromatic carbocycles. The van der Waals surface area contributed by atoms with Crippen molar-refractivity contribution in [1.29, 1.82) is 0 Å². The summed E-state index contributed by atoms with van der Waals surface area (Å²) in [7, 11) is 0. The Kier molecular flexibility index (Phi) is 6.82. The average molecular weight is 510 g/mol. The highest BCUT2D eigenvalue weighted by molar-refractivity contribution is 6.30. The molecule has 12 heteroatoms. The number of carbonyl (C=O) groups is 1. The van der Waals surface area contributed by atoms with Crippen LogP contribution in [0.15, 0.2) is 24.3 Å². The number of nitrogens with two attached hydrogens (primary N) is 1. The van der Waals surface area contributed by atoms with E-state index in [1.165, 1.54) is 4.90 Å². The molecule has 0 saturated carbocycles. The third-order valence-electron chi connectivity index (χ3n) is 7.20. The predicted octanol–water partition coefficient (Wildman–Crippen LogP) is 2.19. The van der Waals surface area contributed by atoms with Gasteiger partial charge in [0.05, 0.1) is 13.2 Å². The molecule has 190 valence electrons. The molecule has 3 aliphatic rings. The van der Waals surface area contributed by atoms with Gasteiger partial charge in [0, 0.05) is 49.7 Å². The lowest BCUT2D eigenvalue weighted by Crippen LogP contribution is -2.60. The summed E-state index contributed by atoms with van der Waals surface area (Å²) in [5.74, 6) is -2.22. The van der Waals surface area contributed by atoms with Crippen molar-refractivity contribution in [1.82, 2.24) is 25.0 Å². The van der Waals surface area contributed by atoms with Crippen molar-refractivity contribution in [3.63, 3.8) is 0 Å². The number of rotatable bonds is 5. The lowest BCUT2D eigenvalue weighted by Gasteiger charge is -2.46. The maximum absolute atomic E-state index is 13.7. The normalized spacial score (nSPS) is 25.8. The number of anilines is 2. The molecule has 2 atom stereocenters. The first-order chi connectivity index (χ1) is 16.8.